The Bertz CT molecular complexity index is 702. The molecule has 0 aromatic carbocycles. The Morgan fingerprint density at radius 3 is 1.65 bits per heavy atom. The third-order valence-electron chi connectivity index (χ3n) is 9.04. The van der Waals surface area contributed by atoms with E-state index >= 15 is 0 Å². The van der Waals surface area contributed by atoms with Crippen molar-refractivity contribution in [1.29, 1.82) is 0 Å². The van der Waals surface area contributed by atoms with Gasteiger partial charge in [0.1, 0.15) is 0 Å². The second-order valence-electron chi connectivity index (χ2n) is 11.0. The molecule has 7 heteroatoms. The molecule has 4 bridgehead atoms. The van der Waals surface area contributed by atoms with Gasteiger partial charge >= 0.3 is 0 Å². The third-order valence-corrected chi connectivity index (χ3v) is 9.04. The van der Waals surface area contributed by atoms with E-state index in [9.17, 15) is 14.4 Å². The number of amides is 3. The first-order valence-corrected chi connectivity index (χ1v) is 12.4. The summed E-state index contributed by atoms with van der Waals surface area (Å²) in [4.78, 5) is 46.2. The summed E-state index contributed by atoms with van der Waals surface area (Å²) in [5, 5.41) is 0. The summed E-state index contributed by atoms with van der Waals surface area (Å²) in [5.74, 6) is 3.03. The molecule has 4 aliphatic carbocycles. The molecule has 172 valence electrons. The van der Waals surface area contributed by atoms with Gasteiger partial charge < -0.3 is 14.7 Å². The zero-order valence-corrected chi connectivity index (χ0v) is 19.2. The summed E-state index contributed by atoms with van der Waals surface area (Å²) in [6.07, 6.45) is 7.46. The number of nitrogens with zero attached hydrogens (tertiary/aromatic N) is 4. The van der Waals surface area contributed by atoms with Gasteiger partial charge in [0, 0.05) is 59.3 Å². The van der Waals surface area contributed by atoms with Gasteiger partial charge in [-0.05, 0) is 63.2 Å². The van der Waals surface area contributed by atoms with Gasteiger partial charge in [0.15, 0.2) is 0 Å². The fourth-order valence-corrected chi connectivity index (χ4v) is 7.68. The molecule has 2 heterocycles. The Morgan fingerprint density at radius 1 is 0.710 bits per heavy atom. The highest BCUT2D eigenvalue weighted by Crippen LogP contribution is 2.60. The molecule has 31 heavy (non-hydrogen) atoms. The van der Waals surface area contributed by atoms with Gasteiger partial charge in [-0.25, -0.2) is 0 Å². The first kappa shape index (κ1) is 21.2. The highest BCUT2D eigenvalue weighted by atomic mass is 16.2. The molecule has 2 aliphatic heterocycles. The molecule has 1 unspecified atom stereocenters. The summed E-state index contributed by atoms with van der Waals surface area (Å²) < 4.78 is 0. The number of rotatable bonds is 3. The zero-order chi connectivity index (χ0) is 21.8. The molecule has 0 aromatic rings. The molecule has 3 amide bonds. The Kier molecular flexibility index (Phi) is 5.51. The van der Waals surface area contributed by atoms with Crippen LogP contribution in [0.3, 0.4) is 0 Å². The highest BCUT2D eigenvalue weighted by molar-refractivity contribution is 5.84. The normalized spacial score (nSPS) is 36.6. The third kappa shape index (κ3) is 3.87. The zero-order valence-electron chi connectivity index (χ0n) is 19.2. The lowest BCUT2D eigenvalue weighted by Crippen LogP contribution is -2.61. The van der Waals surface area contributed by atoms with Crippen molar-refractivity contribution in [3.8, 4) is 0 Å². The Balaban J connectivity index is 1.14. The van der Waals surface area contributed by atoms with Crippen molar-refractivity contribution < 1.29 is 14.4 Å². The van der Waals surface area contributed by atoms with E-state index in [1.807, 2.05) is 16.7 Å². The van der Waals surface area contributed by atoms with Gasteiger partial charge in [-0.1, -0.05) is 0 Å². The van der Waals surface area contributed by atoms with E-state index in [1.54, 1.807) is 6.92 Å². The largest absolute Gasteiger partial charge is 0.340 e. The molecule has 6 fully saturated rings. The summed E-state index contributed by atoms with van der Waals surface area (Å²) in [5.41, 5.74) is -0.0608. The summed E-state index contributed by atoms with van der Waals surface area (Å²) >= 11 is 0. The average molecular weight is 431 g/mol. The number of carbonyl (C=O) groups excluding carboxylic acids is 3. The first-order chi connectivity index (χ1) is 14.8. The topological polar surface area (TPSA) is 64.2 Å². The predicted octanol–water partition coefficient (Wildman–Crippen LogP) is 1.43. The van der Waals surface area contributed by atoms with Gasteiger partial charge in [0.2, 0.25) is 17.7 Å². The predicted molar refractivity (Wildman–Crippen MR) is 117 cm³/mol. The lowest BCUT2D eigenvalue weighted by atomic mass is 9.49. The van der Waals surface area contributed by atoms with Gasteiger partial charge in [0.25, 0.3) is 0 Å². The molecule has 4 saturated carbocycles. The van der Waals surface area contributed by atoms with E-state index < -0.39 is 0 Å². The van der Waals surface area contributed by atoms with E-state index in [2.05, 4.69) is 9.80 Å². The summed E-state index contributed by atoms with van der Waals surface area (Å²) in [7, 11) is 0. The molecule has 0 N–H and O–H groups in total. The second-order valence-corrected chi connectivity index (χ2v) is 11.0. The summed E-state index contributed by atoms with van der Waals surface area (Å²) in [6, 6.07) is -0.166. The van der Waals surface area contributed by atoms with Gasteiger partial charge in [0.05, 0.1) is 11.5 Å². The molecular formula is C24H38N4O3. The van der Waals surface area contributed by atoms with Crippen LogP contribution in [0.2, 0.25) is 0 Å². The van der Waals surface area contributed by atoms with E-state index in [0.717, 1.165) is 63.2 Å². The van der Waals surface area contributed by atoms with Crippen LogP contribution in [0.4, 0.5) is 0 Å². The number of hydrogen-bond acceptors (Lipinski definition) is 4. The van der Waals surface area contributed by atoms with Crippen molar-refractivity contribution in [1.82, 2.24) is 19.6 Å². The van der Waals surface area contributed by atoms with E-state index in [1.165, 1.54) is 19.3 Å². The average Bonchev–Trinajstić information content (AvgIpc) is 2.77. The minimum absolute atomic E-state index is 0.0608. The fourth-order valence-electron chi connectivity index (χ4n) is 7.68. The van der Waals surface area contributed by atoms with Crippen molar-refractivity contribution in [2.75, 3.05) is 52.4 Å². The van der Waals surface area contributed by atoms with Gasteiger partial charge in [-0.15, -0.1) is 0 Å². The van der Waals surface area contributed by atoms with Crippen LogP contribution in [0.15, 0.2) is 0 Å². The van der Waals surface area contributed by atoms with Crippen LogP contribution in [0, 0.1) is 23.2 Å². The maximum absolute atomic E-state index is 13.6. The van der Waals surface area contributed by atoms with Crippen LogP contribution in [-0.4, -0.2) is 95.7 Å². The minimum Gasteiger partial charge on any atom is -0.340 e. The van der Waals surface area contributed by atoms with Crippen LogP contribution in [0.25, 0.3) is 0 Å². The Labute approximate surface area is 186 Å². The van der Waals surface area contributed by atoms with E-state index in [0.29, 0.717) is 32.1 Å². The lowest BCUT2D eigenvalue weighted by molar-refractivity contribution is -0.160. The molecule has 2 saturated heterocycles. The minimum atomic E-state index is -0.166. The standard InChI is InChI=1S/C24H38N4O3/c1-17(22(30)27-7-5-26(6-8-27)18(2)29)25-3-9-28(10-4-25)23(31)24-14-19-11-20(15-24)13-21(12-19)16-24/h17,19-21H,3-16H2,1-2H3. The molecule has 1 atom stereocenters. The molecule has 6 rings (SSSR count). The smallest absolute Gasteiger partial charge is 0.239 e. The lowest BCUT2D eigenvalue weighted by Gasteiger charge is -2.57. The van der Waals surface area contributed by atoms with Crippen molar-refractivity contribution >= 4 is 17.7 Å². The maximum Gasteiger partial charge on any atom is 0.239 e. The van der Waals surface area contributed by atoms with Crippen molar-refractivity contribution in [2.45, 2.75) is 58.4 Å². The Morgan fingerprint density at radius 2 is 1.16 bits per heavy atom. The fraction of sp³-hybridized carbons (Fsp3) is 0.875. The quantitative estimate of drug-likeness (QED) is 0.680. The maximum atomic E-state index is 13.6. The number of carbonyl (C=O) groups is 3. The molecule has 0 spiro atoms. The highest BCUT2D eigenvalue weighted by Gasteiger charge is 2.55. The first-order valence-electron chi connectivity index (χ1n) is 12.4. The molecule has 7 nitrogen and oxygen atoms in total. The molecular weight excluding hydrogens is 392 g/mol. The van der Waals surface area contributed by atoms with E-state index in [4.69, 9.17) is 0 Å². The van der Waals surface area contributed by atoms with Crippen molar-refractivity contribution in [2.24, 2.45) is 23.2 Å². The molecule has 6 aliphatic rings. The van der Waals surface area contributed by atoms with Crippen molar-refractivity contribution in [3.05, 3.63) is 0 Å². The monoisotopic (exact) mass is 430 g/mol. The van der Waals surface area contributed by atoms with Crippen LogP contribution in [0.5, 0.6) is 0 Å². The van der Waals surface area contributed by atoms with Crippen LogP contribution >= 0.6 is 0 Å². The SMILES string of the molecule is CC(=O)N1CCN(C(=O)C(C)N2CCN(C(=O)C34CC5CC(CC(C5)C3)C4)CC2)CC1. The molecule has 0 radical (unpaired) electrons. The molecule has 0 aromatic heterocycles. The van der Waals surface area contributed by atoms with E-state index in [-0.39, 0.29) is 23.3 Å². The van der Waals surface area contributed by atoms with Gasteiger partial charge in [-0.2, -0.15) is 0 Å². The van der Waals surface area contributed by atoms with Crippen LogP contribution in [-0.2, 0) is 14.4 Å². The Hall–Kier alpha value is -1.63. The number of hydrogen-bond donors (Lipinski definition) is 0. The van der Waals surface area contributed by atoms with Crippen molar-refractivity contribution in [3.63, 3.8) is 0 Å². The van der Waals surface area contributed by atoms with Crippen LogP contribution < -0.4 is 0 Å². The second kappa shape index (κ2) is 8.05. The summed E-state index contributed by atoms with van der Waals surface area (Å²) in [6.45, 7) is 9.12. The van der Waals surface area contributed by atoms with Gasteiger partial charge in [-0.3, -0.25) is 19.3 Å². The number of piperazine rings is 2. The van der Waals surface area contributed by atoms with Crippen LogP contribution in [0.1, 0.15) is 52.4 Å².